The van der Waals surface area contributed by atoms with Crippen LogP contribution in [0.5, 0.6) is 17.2 Å². The predicted molar refractivity (Wildman–Crippen MR) is 113 cm³/mol. The van der Waals surface area contributed by atoms with Crippen LogP contribution < -0.4 is 14.2 Å². The van der Waals surface area contributed by atoms with E-state index in [2.05, 4.69) is 19.7 Å². The number of rotatable bonds is 5. The highest BCUT2D eigenvalue weighted by Crippen LogP contribution is 2.53. The van der Waals surface area contributed by atoms with Crippen LogP contribution in [0.3, 0.4) is 0 Å². The van der Waals surface area contributed by atoms with Crippen LogP contribution >= 0.6 is 11.3 Å². The van der Waals surface area contributed by atoms with E-state index in [0.29, 0.717) is 22.0 Å². The van der Waals surface area contributed by atoms with E-state index in [-0.39, 0.29) is 11.7 Å². The van der Waals surface area contributed by atoms with Crippen LogP contribution in [0.2, 0.25) is 0 Å². The van der Waals surface area contributed by atoms with Crippen LogP contribution in [0, 0.1) is 5.41 Å². The lowest BCUT2D eigenvalue weighted by Gasteiger charge is -2.38. The van der Waals surface area contributed by atoms with Gasteiger partial charge in [0.2, 0.25) is 11.0 Å². The minimum atomic E-state index is -5.85. The lowest BCUT2D eigenvalue weighted by Crippen LogP contribution is -2.38. The van der Waals surface area contributed by atoms with E-state index in [0.717, 1.165) is 23.5 Å². The van der Waals surface area contributed by atoms with E-state index in [1.165, 1.54) is 11.6 Å². The summed E-state index contributed by atoms with van der Waals surface area (Å²) in [5.74, 6) is -1.07. The second-order valence-corrected chi connectivity index (χ2v) is 10.0. The third-order valence-electron chi connectivity index (χ3n) is 5.12. The summed E-state index contributed by atoms with van der Waals surface area (Å²) in [5, 5.41) is 10.5. The molecular formula is C20H16F3N3O5S2. The fourth-order valence-corrected chi connectivity index (χ4v) is 4.45. The molecule has 3 aromatic rings. The summed E-state index contributed by atoms with van der Waals surface area (Å²) in [6, 6.07) is 10.4. The Balaban J connectivity index is 1.76. The maximum Gasteiger partial charge on any atom is 0.534 e. The first kappa shape index (κ1) is 23.0. The summed E-state index contributed by atoms with van der Waals surface area (Å²) in [6.45, 7) is 3.41. The molecule has 0 spiro atoms. The second-order valence-electron chi connectivity index (χ2n) is 7.68. The summed E-state index contributed by atoms with van der Waals surface area (Å²) in [6.07, 6.45) is 0. The van der Waals surface area contributed by atoms with Gasteiger partial charge in [0.25, 0.3) is 0 Å². The number of anilines is 1. The van der Waals surface area contributed by atoms with Gasteiger partial charge in [0.05, 0.1) is 5.41 Å². The van der Waals surface area contributed by atoms with Crippen LogP contribution in [0.25, 0.3) is 0 Å². The SMILES string of the molecule is CC(C)(C(=O)Nc1nncs1)[C@H]1c2ccccc2Oc2cc(OS(=O)(=O)C(F)(F)F)ccc21. The number of halogens is 3. The molecule has 0 unspecified atom stereocenters. The van der Waals surface area contributed by atoms with E-state index in [9.17, 15) is 26.4 Å². The number of hydrogen-bond acceptors (Lipinski definition) is 8. The molecule has 0 aliphatic carbocycles. The van der Waals surface area contributed by atoms with Crippen LogP contribution in [0.4, 0.5) is 18.3 Å². The van der Waals surface area contributed by atoms with Gasteiger partial charge in [0, 0.05) is 23.1 Å². The Morgan fingerprint density at radius 2 is 1.82 bits per heavy atom. The average molecular weight is 499 g/mol. The van der Waals surface area contributed by atoms with Crippen molar-refractivity contribution in [2.24, 2.45) is 5.41 Å². The molecule has 8 nitrogen and oxygen atoms in total. The highest BCUT2D eigenvalue weighted by molar-refractivity contribution is 7.88. The number of para-hydroxylation sites is 1. The molecule has 0 saturated heterocycles. The molecular weight excluding hydrogens is 483 g/mol. The number of carbonyl (C=O) groups excluding carboxylic acids is 1. The van der Waals surface area contributed by atoms with Crippen LogP contribution in [-0.4, -0.2) is 30.0 Å². The van der Waals surface area contributed by atoms with Gasteiger partial charge in [-0.3, -0.25) is 4.79 Å². The van der Waals surface area contributed by atoms with Crippen molar-refractivity contribution >= 4 is 32.5 Å². The highest BCUT2D eigenvalue weighted by atomic mass is 32.2. The first-order chi connectivity index (χ1) is 15.4. The van der Waals surface area contributed by atoms with Gasteiger partial charge >= 0.3 is 15.6 Å². The molecule has 2 aromatic carbocycles. The average Bonchev–Trinajstić information content (AvgIpc) is 3.23. The number of nitrogens with one attached hydrogen (secondary N) is 1. The fraction of sp³-hybridized carbons (Fsp3) is 0.250. The normalized spacial score (nSPS) is 15.7. The van der Waals surface area contributed by atoms with Gasteiger partial charge in [-0.2, -0.15) is 21.6 Å². The first-order valence-electron chi connectivity index (χ1n) is 9.39. The van der Waals surface area contributed by atoms with E-state index in [1.54, 1.807) is 38.1 Å². The number of carbonyl (C=O) groups is 1. The van der Waals surface area contributed by atoms with Gasteiger partial charge in [-0.25, -0.2) is 0 Å². The minimum Gasteiger partial charge on any atom is -0.457 e. The van der Waals surface area contributed by atoms with E-state index >= 15 is 0 Å². The summed E-state index contributed by atoms with van der Waals surface area (Å²) in [5.41, 5.74) is -4.04. The number of alkyl halides is 3. The molecule has 174 valence electrons. The third kappa shape index (κ3) is 4.25. The van der Waals surface area contributed by atoms with Crippen LogP contribution in [0.1, 0.15) is 30.9 Å². The largest absolute Gasteiger partial charge is 0.534 e. The van der Waals surface area contributed by atoms with Crippen molar-refractivity contribution in [3.63, 3.8) is 0 Å². The quantitative estimate of drug-likeness (QED) is 0.402. The Bertz CT molecular complexity index is 1310. The molecule has 0 saturated carbocycles. The van der Waals surface area contributed by atoms with Crippen molar-refractivity contribution in [1.82, 2.24) is 10.2 Å². The number of nitrogens with zero attached hydrogens (tertiary/aromatic N) is 2. The molecule has 1 aromatic heterocycles. The molecule has 0 bridgehead atoms. The van der Waals surface area contributed by atoms with Crippen molar-refractivity contribution in [3.05, 3.63) is 59.1 Å². The lowest BCUT2D eigenvalue weighted by atomic mass is 9.69. The molecule has 0 radical (unpaired) electrons. The number of amides is 1. The lowest BCUT2D eigenvalue weighted by molar-refractivity contribution is -0.124. The van der Waals surface area contributed by atoms with Crippen molar-refractivity contribution in [3.8, 4) is 17.2 Å². The Morgan fingerprint density at radius 1 is 1.12 bits per heavy atom. The molecule has 1 atom stereocenters. The Kier molecular flexibility index (Phi) is 5.56. The van der Waals surface area contributed by atoms with Gasteiger partial charge in [-0.15, -0.1) is 10.2 Å². The maximum atomic E-state index is 13.2. The number of fused-ring (bicyclic) bond motifs is 2. The molecule has 0 fully saturated rings. The first-order valence-corrected chi connectivity index (χ1v) is 11.7. The smallest absolute Gasteiger partial charge is 0.457 e. The molecule has 33 heavy (non-hydrogen) atoms. The van der Waals surface area contributed by atoms with Crippen molar-refractivity contribution in [2.75, 3.05) is 5.32 Å². The molecule has 2 heterocycles. The van der Waals surface area contributed by atoms with E-state index in [1.807, 2.05) is 0 Å². The van der Waals surface area contributed by atoms with Crippen LogP contribution in [0.15, 0.2) is 48.0 Å². The minimum absolute atomic E-state index is 0.0744. The molecule has 4 rings (SSSR count). The topological polar surface area (TPSA) is 107 Å². The summed E-state index contributed by atoms with van der Waals surface area (Å²) in [7, 11) is -5.85. The number of ether oxygens (including phenoxy) is 1. The maximum absolute atomic E-state index is 13.2. The zero-order valence-corrected chi connectivity index (χ0v) is 18.7. The number of hydrogen-bond donors (Lipinski definition) is 1. The second kappa shape index (κ2) is 7.99. The van der Waals surface area contributed by atoms with Gasteiger partial charge in [-0.1, -0.05) is 49.4 Å². The molecule has 1 amide bonds. The zero-order valence-electron chi connectivity index (χ0n) is 17.1. The molecule has 1 aliphatic rings. The van der Waals surface area contributed by atoms with Crippen molar-refractivity contribution in [1.29, 1.82) is 0 Å². The monoisotopic (exact) mass is 499 g/mol. The van der Waals surface area contributed by atoms with Gasteiger partial charge in [-0.05, 0) is 12.1 Å². The zero-order chi connectivity index (χ0) is 24.0. The predicted octanol–water partition coefficient (Wildman–Crippen LogP) is 4.67. The summed E-state index contributed by atoms with van der Waals surface area (Å²) >= 11 is 1.15. The Morgan fingerprint density at radius 3 is 2.48 bits per heavy atom. The standard InChI is InChI=1S/C20H16F3N3O5S2/c1-19(2,17(27)25-18-26-24-10-32-18)16-12-5-3-4-6-14(12)30-15-9-11(7-8-13(15)16)31-33(28,29)20(21,22)23/h3-10,16H,1-2H3,(H,25,26,27)/t16-/m0/s1. The molecule has 13 heteroatoms. The van der Waals surface area contributed by atoms with Gasteiger partial charge < -0.3 is 14.2 Å². The van der Waals surface area contributed by atoms with Crippen LogP contribution in [-0.2, 0) is 14.9 Å². The molecule has 1 N–H and O–H groups in total. The van der Waals surface area contributed by atoms with Gasteiger partial charge in [0.15, 0.2) is 0 Å². The number of aromatic nitrogens is 2. The third-order valence-corrected chi connectivity index (χ3v) is 6.71. The Hall–Kier alpha value is -3.19. The number of benzene rings is 2. The van der Waals surface area contributed by atoms with Crippen molar-refractivity contribution < 1.29 is 35.3 Å². The van der Waals surface area contributed by atoms with Crippen molar-refractivity contribution in [2.45, 2.75) is 25.3 Å². The fourth-order valence-electron chi connectivity index (χ4n) is 3.56. The Labute approximate surface area is 190 Å². The van der Waals surface area contributed by atoms with E-state index < -0.39 is 32.7 Å². The summed E-state index contributed by atoms with van der Waals surface area (Å²) < 4.78 is 71.0. The highest BCUT2D eigenvalue weighted by Gasteiger charge is 2.49. The van der Waals surface area contributed by atoms with E-state index in [4.69, 9.17) is 4.74 Å². The summed E-state index contributed by atoms with van der Waals surface area (Å²) in [4.78, 5) is 13.2. The molecule has 1 aliphatic heterocycles. The van der Waals surface area contributed by atoms with Gasteiger partial charge in [0.1, 0.15) is 22.8 Å².